The molecule has 4 aromatic rings. The van der Waals surface area contributed by atoms with Crippen molar-refractivity contribution >= 4 is 23.5 Å². The largest absolute Gasteiger partial charge is 0.492 e. The molecule has 0 aromatic heterocycles. The molecule has 9 nitrogen and oxygen atoms in total. The van der Waals surface area contributed by atoms with Crippen LogP contribution in [0.4, 0.5) is 5.69 Å². The summed E-state index contributed by atoms with van der Waals surface area (Å²) in [5.74, 6) is -0.0357. The minimum absolute atomic E-state index is 0.0942. The summed E-state index contributed by atoms with van der Waals surface area (Å²) in [6.45, 7) is 5.94. The van der Waals surface area contributed by atoms with Crippen LogP contribution in [0.2, 0.25) is 0 Å². The lowest BCUT2D eigenvalue weighted by molar-refractivity contribution is -0.130. The molecule has 0 saturated carbocycles. The van der Waals surface area contributed by atoms with Crippen molar-refractivity contribution in [2.24, 2.45) is 0 Å². The Balaban J connectivity index is 1.36. The van der Waals surface area contributed by atoms with Gasteiger partial charge in [-0.15, -0.1) is 0 Å². The quantitative estimate of drug-likeness (QED) is 0.225. The van der Waals surface area contributed by atoms with Crippen molar-refractivity contribution in [2.75, 3.05) is 51.8 Å². The van der Waals surface area contributed by atoms with Gasteiger partial charge < -0.3 is 24.4 Å². The van der Waals surface area contributed by atoms with Crippen molar-refractivity contribution in [1.29, 1.82) is 0 Å². The Morgan fingerprint density at radius 2 is 1.47 bits per heavy atom. The van der Waals surface area contributed by atoms with Gasteiger partial charge >= 0.3 is 5.97 Å². The van der Waals surface area contributed by atoms with Crippen molar-refractivity contribution in [2.45, 2.75) is 13.5 Å². The summed E-state index contributed by atoms with van der Waals surface area (Å²) in [6, 6.07) is 29.8. The van der Waals surface area contributed by atoms with E-state index in [4.69, 9.17) is 14.2 Å². The number of carbonyl (C=O) groups is 3. The fraction of sp³-hybridized carbons (Fsp3) is 0.250. The average molecular weight is 608 g/mol. The Kier molecular flexibility index (Phi) is 10.4. The van der Waals surface area contributed by atoms with Gasteiger partial charge in [-0.3, -0.25) is 14.5 Å². The van der Waals surface area contributed by atoms with Crippen molar-refractivity contribution in [3.63, 3.8) is 0 Å². The summed E-state index contributed by atoms with van der Waals surface area (Å²) in [7, 11) is 1.30. The molecule has 0 unspecified atom stereocenters. The molecule has 1 aliphatic rings. The van der Waals surface area contributed by atoms with Gasteiger partial charge in [-0.25, -0.2) is 4.79 Å². The number of ether oxygens (including phenoxy) is 3. The number of nitrogens with one attached hydrogen (secondary N) is 1. The van der Waals surface area contributed by atoms with Crippen LogP contribution in [0.25, 0.3) is 11.1 Å². The van der Waals surface area contributed by atoms with Crippen LogP contribution in [-0.4, -0.2) is 74.0 Å². The first-order chi connectivity index (χ1) is 21.9. The van der Waals surface area contributed by atoms with Crippen LogP contribution in [0.1, 0.15) is 33.2 Å². The molecule has 5 rings (SSSR count). The monoisotopic (exact) mass is 607 g/mol. The van der Waals surface area contributed by atoms with Gasteiger partial charge in [-0.1, -0.05) is 66.7 Å². The summed E-state index contributed by atoms with van der Waals surface area (Å²) in [5.41, 5.74) is 3.54. The molecule has 0 radical (unpaired) electrons. The number of carbonyl (C=O) groups excluding carboxylic acids is 3. The minimum atomic E-state index is -0.563. The second-order valence-electron chi connectivity index (χ2n) is 10.7. The molecular weight excluding hydrogens is 570 g/mol. The van der Waals surface area contributed by atoms with E-state index in [2.05, 4.69) is 10.2 Å². The second kappa shape index (κ2) is 15.0. The zero-order valence-corrected chi connectivity index (χ0v) is 25.5. The van der Waals surface area contributed by atoms with Crippen LogP contribution in [0.15, 0.2) is 97.1 Å². The first-order valence-corrected chi connectivity index (χ1v) is 14.9. The highest BCUT2D eigenvalue weighted by molar-refractivity contribution is 6.10. The van der Waals surface area contributed by atoms with Gasteiger partial charge in [0.1, 0.15) is 24.7 Å². The van der Waals surface area contributed by atoms with E-state index in [-0.39, 0.29) is 23.6 Å². The molecule has 0 bridgehead atoms. The van der Waals surface area contributed by atoms with E-state index in [1.54, 1.807) is 37.3 Å². The molecule has 4 aromatic carbocycles. The van der Waals surface area contributed by atoms with E-state index in [9.17, 15) is 14.4 Å². The Morgan fingerprint density at radius 3 is 2.16 bits per heavy atom. The van der Waals surface area contributed by atoms with Gasteiger partial charge in [0, 0.05) is 39.6 Å². The number of amides is 2. The number of anilines is 1. The molecule has 9 heteroatoms. The molecule has 45 heavy (non-hydrogen) atoms. The Labute approximate surface area is 263 Å². The maximum atomic E-state index is 13.9. The van der Waals surface area contributed by atoms with E-state index in [0.29, 0.717) is 43.4 Å². The molecule has 1 saturated heterocycles. The van der Waals surface area contributed by atoms with Gasteiger partial charge in [0.2, 0.25) is 5.91 Å². The van der Waals surface area contributed by atoms with E-state index >= 15 is 0 Å². The molecule has 2 amide bonds. The van der Waals surface area contributed by atoms with Crippen LogP contribution in [0, 0.1) is 0 Å². The second-order valence-corrected chi connectivity index (χ2v) is 10.7. The molecule has 1 heterocycles. The van der Waals surface area contributed by atoms with E-state index in [1.165, 1.54) is 7.11 Å². The van der Waals surface area contributed by atoms with Crippen LogP contribution in [0.5, 0.6) is 11.5 Å². The highest BCUT2D eigenvalue weighted by Gasteiger charge is 2.21. The van der Waals surface area contributed by atoms with Gasteiger partial charge in [0.25, 0.3) is 5.91 Å². The SMILES string of the molecule is COC(=O)c1ccc(-c2ccccc2)cc1NC(=O)c1cc(OCCN2CCN(C(C)=O)CC2)ccc1OCc1ccccc1. The molecule has 0 atom stereocenters. The molecule has 232 valence electrons. The lowest BCUT2D eigenvalue weighted by atomic mass is 10.0. The number of piperazine rings is 1. The van der Waals surface area contributed by atoms with Crippen molar-refractivity contribution in [3.8, 4) is 22.6 Å². The molecule has 0 spiro atoms. The predicted octanol–water partition coefficient (Wildman–Crippen LogP) is 5.51. The van der Waals surface area contributed by atoms with E-state index < -0.39 is 11.9 Å². The Morgan fingerprint density at radius 1 is 0.756 bits per heavy atom. The number of benzene rings is 4. The van der Waals surface area contributed by atoms with Crippen molar-refractivity contribution in [3.05, 3.63) is 114 Å². The summed E-state index contributed by atoms with van der Waals surface area (Å²) in [4.78, 5) is 42.2. The maximum absolute atomic E-state index is 13.9. The lowest BCUT2D eigenvalue weighted by Gasteiger charge is -2.34. The number of hydrogen-bond donors (Lipinski definition) is 1. The molecule has 0 aliphatic carbocycles. The van der Waals surface area contributed by atoms with Gasteiger partial charge in [-0.05, 0) is 47.0 Å². The molecule has 1 fully saturated rings. The number of esters is 1. The van der Waals surface area contributed by atoms with Crippen LogP contribution < -0.4 is 14.8 Å². The molecular formula is C36H37N3O6. The smallest absolute Gasteiger partial charge is 0.339 e. The zero-order valence-electron chi connectivity index (χ0n) is 25.5. The first-order valence-electron chi connectivity index (χ1n) is 14.9. The standard InChI is InChI=1S/C36H37N3O6/c1-26(40)39-19-17-38(18-20-39)21-22-44-30-14-16-34(45-25-27-9-5-3-6-10-27)32(24-30)35(41)37-33-23-29(28-11-7-4-8-12-28)13-15-31(33)36(42)43-2/h3-16,23-24H,17-22,25H2,1-2H3,(H,37,41). The third kappa shape index (κ3) is 8.27. The number of hydrogen-bond acceptors (Lipinski definition) is 7. The lowest BCUT2D eigenvalue weighted by Crippen LogP contribution is -2.48. The highest BCUT2D eigenvalue weighted by Crippen LogP contribution is 2.30. The van der Waals surface area contributed by atoms with E-state index in [1.807, 2.05) is 71.6 Å². The Hall–Kier alpha value is -5.15. The minimum Gasteiger partial charge on any atom is -0.492 e. The molecule has 1 aliphatic heterocycles. The van der Waals surface area contributed by atoms with Crippen LogP contribution in [-0.2, 0) is 16.1 Å². The van der Waals surface area contributed by atoms with Crippen LogP contribution >= 0.6 is 0 Å². The van der Waals surface area contributed by atoms with Gasteiger partial charge in [-0.2, -0.15) is 0 Å². The summed E-state index contributed by atoms with van der Waals surface area (Å²) in [6.07, 6.45) is 0. The van der Waals surface area contributed by atoms with E-state index in [0.717, 1.165) is 29.8 Å². The Bertz CT molecular complexity index is 1620. The summed E-state index contributed by atoms with van der Waals surface area (Å²) < 4.78 is 17.2. The van der Waals surface area contributed by atoms with Gasteiger partial charge in [0.05, 0.1) is 23.9 Å². The fourth-order valence-corrected chi connectivity index (χ4v) is 5.15. The van der Waals surface area contributed by atoms with Crippen molar-refractivity contribution < 1.29 is 28.6 Å². The third-order valence-corrected chi connectivity index (χ3v) is 7.71. The summed E-state index contributed by atoms with van der Waals surface area (Å²) >= 11 is 0. The third-order valence-electron chi connectivity index (χ3n) is 7.71. The number of rotatable bonds is 11. The first kappa shape index (κ1) is 31.3. The van der Waals surface area contributed by atoms with Crippen molar-refractivity contribution in [1.82, 2.24) is 9.80 Å². The highest BCUT2D eigenvalue weighted by atomic mass is 16.5. The topological polar surface area (TPSA) is 97.4 Å². The number of methoxy groups -OCH3 is 1. The molecule has 1 N–H and O–H groups in total. The summed E-state index contributed by atoms with van der Waals surface area (Å²) in [5, 5.41) is 2.92. The number of nitrogens with zero attached hydrogens (tertiary/aromatic N) is 2. The normalized spacial score (nSPS) is 13.2. The van der Waals surface area contributed by atoms with Crippen LogP contribution in [0.3, 0.4) is 0 Å². The van der Waals surface area contributed by atoms with Gasteiger partial charge in [0.15, 0.2) is 0 Å². The maximum Gasteiger partial charge on any atom is 0.339 e. The average Bonchev–Trinajstić information content (AvgIpc) is 3.08. The fourth-order valence-electron chi connectivity index (χ4n) is 5.15. The zero-order chi connectivity index (χ0) is 31.6. The predicted molar refractivity (Wildman–Crippen MR) is 173 cm³/mol.